The number of fused-ring (bicyclic) bond motifs is 1. The Morgan fingerprint density at radius 1 is 0.727 bits per heavy atom. The predicted molar refractivity (Wildman–Crippen MR) is 118 cm³/mol. The van der Waals surface area contributed by atoms with Gasteiger partial charge in [0.2, 0.25) is 0 Å². The molecule has 0 saturated carbocycles. The lowest BCUT2D eigenvalue weighted by Crippen LogP contribution is -2.31. The zero-order chi connectivity index (χ0) is 24.4. The molecular weight excluding hydrogens is 430 g/mol. The second-order valence-electron chi connectivity index (χ2n) is 7.82. The highest BCUT2D eigenvalue weighted by Gasteiger charge is 2.41. The monoisotopic (exact) mass is 461 g/mol. The van der Waals surface area contributed by atoms with Crippen molar-refractivity contribution in [2.75, 3.05) is 13.2 Å². The number of unbranched alkanes of at least 4 members (excludes halogenated alkanes) is 6. The molecule has 1 heterocycles. The van der Waals surface area contributed by atoms with Gasteiger partial charge in [-0.05, 0) is 25.0 Å². The molecule has 33 heavy (non-hydrogen) atoms. The minimum atomic E-state index is -0.901. The summed E-state index contributed by atoms with van der Waals surface area (Å²) in [7, 11) is 0. The highest BCUT2D eigenvalue weighted by atomic mass is 16.7. The molecule has 0 fully saturated rings. The normalized spacial score (nSPS) is 12.5. The fraction of sp³-hybridized carbons (Fsp3) is 0.542. The van der Waals surface area contributed by atoms with Crippen molar-refractivity contribution < 1.29 is 38.3 Å². The van der Waals surface area contributed by atoms with Crippen LogP contribution in [0.3, 0.4) is 0 Å². The zero-order valence-corrected chi connectivity index (χ0v) is 19.4. The van der Waals surface area contributed by atoms with Crippen LogP contribution in [-0.4, -0.2) is 48.0 Å². The quantitative estimate of drug-likeness (QED) is 0.243. The molecular formula is C24H31NO8. The van der Waals surface area contributed by atoms with E-state index < -0.39 is 29.7 Å². The summed E-state index contributed by atoms with van der Waals surface area (Å²) in [4.78, 5) is 66.6. The van der Waals surface area contributed by atoms with E-state index in [2.05, 4.69) is 18.7 Å². The first-order chi connectivity index (χ1) is 15.8. The number of hydrogen-bond donors (Lipinski definition) is 0. The summed E-state index contributed by atoms with van der Waals surface area (Å²) >= 11 is 0. The standard InChI is InChI=1S/C24H31NO8/c1-4-6-8-10-12-31-23(29)19-14-17-18(22(28)25(21(17)27)33-16(3)26)15-20(19)24(30)32-13-11-9-7-5-2/h14-15H,4-13H2,1-3H3. The number of nitrogens with zero attached hydrogens (tertiary/aromatic N) is 1. The fourth-order valence-corrected chi connectivity index (χ4v) is 3.36. The van der Waals surface area contributed by atoms with Crippen LogP contribution in [0.1, 0.15) is 114 Å². The van der Waals surface area contributed by atoms with Gasteiger partial charge in [0, 0.05) is 6.92 Å². The number of rotatable bonds is 13. The molecule has 0 unspecified atom stereocenters. The third-order valence-electron chi connectivity index (χ3n) is 5.11. The van der Waals surface area contributed by atoms with Crippen molar-refractivity contribution in [3.63, 3.8) is 0 Å². The molecule has 0 radical (unpaired) electrons. The lowest BCUT2D eigenvalue weighted by molar-refractivity contribution is -0.165. The summed E-state index contributed by atoms with van der Waals surface area (Å²) in [6.07, 6.45) is 7.20. The molecule has 1 aliphatic heterocycles. The van der Waals surface area contributed by atoms with Crippen molar-refractivity contribution in [1.29, 1.82) is 0 Å². The topological polar surface area (TPSA) is 116 Å². The van der Waals surface area contributed by atoms with Gasteiger partial charge in [0.05, 0.1) is 35.5 Å². The average Bonchev–Trinajstić information content (AvgIpc) is 3.01. The Kier molecular flexibility index (Phi) is 10.0. The Hall–Kier alpha value is -3.23. The molecule has 9 heteroatoms. The number of hydroxylamine groups is 2. The molecule has 0 aliphatic carbocycles. The van der Waals surface area contributed by atoms with E-state index in [1.807, 2.05) is 0 Å². The maximum absolute atomic E-state index is 12.7. The van der Waals surface area contributed by atoms with Gasteiger partial charge in [-0.1, -0.05) is 57.4 Å². The Bertz CT molecular complexity index is 843. The molecule has 0 saturated heterocycles. The minimum absolute atomic E-state index is 0.154. The molecule has 180 valence electrons. The lowest BCUT2D eigenvalue weighted by Gasteiger charge is -2.11. The summed E-state index contributed by atoms with van der Waals surface area (Å²) in [5, 5.41) is 0.312. The molecule has 2 rings (SSSR count). The number of carbonyl (C=O) groups excluding carboxylic acids is 5. The van der Waals surface area contributed by atoms with Gasteiger partial charge in [-0.15, -0.1) is 0 Å². The summed E-state index contributed by atoms with van der Waals surface area (Å²) in [6, 6.07) is 2.25. The summed E-state index contributed by atoms with van der Waals surface area (Å²) in [5.41, 5.74) is -0.653. The van der Waals surface area contributed by atoms with E-state index in [9.17, 15) is 24.0 Å². The molecule has 1 aromatic rings. The van der Waals surface area contributed by atoms with E-state index in [-0.39, 0.29) is 35.5 Å². The van der Waals surface area contributed by atoms with E-state index in [0.717, 1.165) is 57.6 Å². The van der Waals surface area contributed by atoms with E-state index >= 15 is 0 Å². The maximum Gasteiger partial charge on any atom is 0.339 e. The van der Waals surface area contributed by atoms with Crippen LogP contribution in [0.4, 0.5) is 0 Å². The Labute approximate surface area is 193 Å². The molecule has 9 nitrogen and oxygen atoms in total. The van der Waals surface area contributed by atoms with Crippen LogP contribution >= 0.6 is 0 Å². The maximum atomic E-state index is 12.7. The molecule has 0 aromatic heterocycles. The molecule has 0 spiro atoms. The zero-order valence-electron chi connectivity index (χ0n) is 19.4. The Balaban J connectivity index is 2.28. The van der Waals surface area contributed by atoms with Gasteiger partial charge in [0.1, 0.15) is 0 Å². The number of ether oxygens (including phenoxy) is 2. The third kappa shape index (κ3) is 6.87. The SMILES string of the molecule is CCCCCCOC(=O)c1cc2c(cc1C(=O)OCCCCCC)C(=O)N(OC(C)=O)C2=O. The van der Waals surface area contributed by atoms with Gasteiger partial charge in [-0.25, -0.2) is 14.4 Å². The molecule has 0 N–H and O–H groups in total. The van der Waals surface area contributed by atoms with Crippen LogP contribution in [0.15, 0.2) is 12.1 Å². The van der Waals surface area contributed by atoms with Crippen molar-refractivity contribution in [3.8, 4) is 0 Å². The van der Waals surface area contributed by atoms with Crippen molar-refractivity contribution in [2.24, 2.45) is 0 Å². The summed E-state index contributed by atoms with van der Waals surface area (Å²) in [6.45, 7) is 5.50. The van der Waals surface area contributed by atoms with E-state index in [1.165, 1.54) is 0 Å². The number of hydrogen-bond acceptors (Lipinski definition) is 8. The second kappa shape index (κ2) is 12.7. The Morgan fingerprint density at radius 2 is 1.15 bits per heavy atom. The number of benzene rings is 1. The molecule has 2 amide bonds. The van der Waals surface area contributed by atoms with Crippen molar-refractivity contribution in [1.82, 2.24) is 5.06 Å². The van der Waals surface area contributed by atoms with Crippen molar-refractivity contribution in [2.45, 2.75) is 72.1 Å². The van der Waals surface area contributed by atoms with Crippen molar-refractivity contribution >= 4 is 29.7 Å². The van der Waals surface area contributed by atoms with Crippen molar-refractivity contribution in [3.05, 3.63) is 34.4 Å². The largest absolute Gasteiger partial charge is 0.462 e. The van der Waals surface area contributed by atoms with Crippen LogP contribution < -0.4 is 0 Å². The average molecular weight is 462 g/mol. The first kappa shape index (κ1) is 26.0. The fourth-order valence-electron chi connectivity index (χ4n) is 3.36. The number of esters is 2. The minimum Gasteiger partial charge on any atom is -0.462 e. The van der Waals surface area contributed by atoms with Gasteiger partial charge in [0.15, 0.2) is 0 Å². The van der Waals surface area contributed by atoms with Crippen LogP contribution in [-0.2, 0) is 19.1 Å². The number of carbonyl (C=O) groups is 5. The molecule has 1 aromatic carbocycles. The highest BCUT2D eigenvalue weighted by Crippen LogP contribution is 2.28. The third-order valence-corrected chi connectivity index (χ3v) is 5.11. The Morgan fingerprint density at radius 3 is 1.52 bits per heavy atom. The first-order valence-corrected chi connectivity index (χ1v) is 11.4. The molecule has 0 bridgehead atoms. The van der Waals surface area contributed by atoms with Gasteiger partial charge in [-0.3, -0.25) is 9.59 Å². The second-order valence-corrected chi connectivity index (χ2v) is 7.82. The molecule has 0 atom stereocenters. The van der Waals surface area contributed by atoms with Crippen LogP contribution in [0, 0.1) is 0 Å². The first-order valence-electron chi connectivity index (χ1n) is 11.4. The highest BCUT2D eigenvalue weighted by molar-refractivity contribution is 6.22. The van der Waals surface area contributed by atoms with Crippen LogP contribution in [0.5, 0.6) is 0 Å². The summed E-state index contributed by atoms with van der Waals surface area (Å²) < 4.78 is 10.6. The lowest BCUT2D eigenvalue weighted by atomic mass is 9.99. The number of imide groups is 1. The predicted octanol–water partition coefficient (Wildman–Crippen LogP) is 4.23. The number of amides is 2. The van der Waals surface area contributed by atoms with E-state index in [1.54, 1.807) is 0 Å². The smallest absolute Gasteiger partial charge is 0.339 e. The summed E-state index contributed by atoms with van der Waals surface area (Å²) in [5.74, 6) is -4.25. The van der Waals surface area contributed by atoms with Crippen LogP contribution in [0.2, 0.25) is 0 Å². The molecule has 1 aliphatic rings. The van der Waals surface area contributed by atoms with Gasteiger partial charge in [-0.2, -0.15) is 0 Å². The van der Waals surface area contributed by atoms with Gasteiger partial charge in [0.25, 0.3) is 11.8 Å². The van der Waals surface area contributed by atoms with Crippen LogP contribution in [0.25, 0.3) is 0 Å². The van der Waals surface area contributed by atoms with Gasteiger partial charge < -0.3 is 14.3 Å². The van der Waals surface area contributed by atoms with E-state index in [0.29, 0.717) is 17.9 Å². The van der Waals surface area contributed by atoms with Gasteiger partial charge >= 0.3 is 17.9 Å². The van der Waals surface area contributed by atoms with E-state index in [4.69, 9.17) is 9.47 Å².